The molecule has 0 aliphatic carbocycles. The van der Waals surface area contributed by atoms with Crippen molar-refractivity contribution in [3.8, 4) is 0 Å². The first-order valence-corrected chi connectivity index (χ1v) is 9.54. The molecule has 2 amide bonds. The molecule has 0 fully saturated rings. The molecule has 17 heavy (non-hydrogen) atoms. The lowest BCUT2D eigenvalue weighted by Crippen LogP contribution is -2.31. The summed E-state index contributed by atoms with van der Waals surface area (Å²) in [5.41, 5.74) is -2.53. The molecule has 0 saturated heterocycles. The SMILES string of the molecule is CCNC(=O)NSP(=S)(OC(C)C)OC(C)C. The van der Waals surface area contributed by atoms with Crippen molar-refractivity contribution in [3.63, 3.8) is 0 Å². The summed E-state index contributed by atoms with van der Waals surface area (Å²) in [5.74, 6) is 0. The van der Waals surface area contributed by atoms with Crippen LogP contribution in [0.5, 0.6) is 0 Å². The number of nitrogens with one attached hydrogen (secondary N) is 2. The summed E-state index contributed by atoms with van der Waals surface area (Å²) >= 11 is 6.39. The highest BCUT2D eigenvalue weighted by Crippen LogP contribution is 2.60. The molecule has 0 aromatic rings. The molecule has 0 rings (SSSR count). The van der Waals surface area contributed by atoms with Crippen molar-refractivity contribution >= 4 is 35.1 Å². The van der Waals surface area contributed by atoms with Gasteiger partial charge in [0.1, 0.15) is 0 Å². The van der Waals surface area contributed by atoms with E-state index in [2.05, 4.69) is 10.0 Å². The number of urea groups is 1. The van der Waals surface area contributed by atoms with Crippen LogP contribution in [-0.2, 0) is 20.9 Å². The highest BCUT2D eigenvalue weighted by Gasteiger charge is 2.24. The Morgan fingerprint density at radius 2 is 1.76 bits per heavy atom. The second-order valence-corrected chi connectivity index (χ2v) is 9.64. The number of carbonyl (C=O) groups excluding carboxylic acids is 1. The summed E-state index contributed by atoms with van der Waals surface area (Å²) in [6.07, 6.45) is -0.0776. The molecule has 0 bridgehead atoms. The van der Waals surface area contributed by atoms with Crippen LogP contribution in [0.25, 0.3) is 0 Å². The molecule has 0 aliphatic rings. The molecule has 2 N–H and O–H groups in total. The van der Waals surface area contributed by atoms with Crippen molar-refractivity contribution < 1.29 is 13.8 Å². The van der Waals surface area contributed by atoms with Crippen LogP contribution in [0.1, 0.15) is 34.6 Å². The van der Waals surface area contributed by atoms with Gasteiger partial charge in [0, 0.05) is 18.1 Å². The largest absolute Gasteiger partial charge is 0.338 e. The van der Waals surface area contributed by atoms with Crippen LogP contribution in [0, 0.1) is 0 Å². The van der Waals surface area contributed by atoms with Crippen molar-refractivity contribution in [1.29, 1.82) is 0 Å². The van der Waals surface area contributed by atoms with Gasteiger partial charge in [-0.3, -0.25) is 4.72 Å². The van der Waals surface area contributed by atoms with E-state index in [0.29, 0.717) is 6.54 Å². The topological polar surface area (TPSA) is 59.6 Å². The van der Waals surface area contributed by atoms with Gasteiger partial charge in [-0.25, -0.2) is 4.79 Å². The predicted molar refractivity (Wildman–Crippen MR) is 76.5 cm³/mol. The summed E-state index contributed by atoms with van der Waals surface area (Å²) < 4.78 is 13.8. The smallest absolute Gasteiger partial charge is 0.325 e. The first-order valence-electron chi connectivity index (χ1n) is 5.48. The Morgan fingerprint density at radius 3 is 2.12 bits per heavy atom. The van der Waals surface area contributed by atoms with Crippen molar-refractivity contribution in [2.24, 2.45) is 0 Å². The lowest BCUT2D eigenvalue weighted by molar-refractivity contribution is 0.186. The predicted octanol–water partition coefficient (Wildman–Crippen LogP) is 3.03. The fraction of sp³-hybridized carbons (Fsp3) is 0.889. The lowest BCUT2D eigenvalue weighted by atomic mass is 10.5. The van der Waals surface area contributed by atoms with E-state index < -0.39 is 5.69 Å². The molecule has 0 heterocycles. The van der Waals surface area contributed by atoms with Crippen molar-refractivity contribution in [2.75, 3.05) is 6.54 Å². The Bertz CT molecular complexity index is 273. The van der Waals surface area contributed by atoms with Crippen molar-refractivity contribution in [1.82, 2.24) is 10.0 Å². The van der Waals surface area contributed by atoms with Gasteiger partial charge in [0.25, 0.3) is 5.69 Å². The normalized spacial score (nSPS) is 11.9. The minimum atomic E-state index is -2.53. The molecule has 0 atom stereocenters. The third kappa shape index (κ3) is 8.85. The lowest BCUT2D eigenvalue weighted by Gasteiger charge is -2.25. The zero-order valence-corrected chi connectivity index (χ0v) is 13.4. The summed E-state index contributed by atoms with van der Waals surface area (Å²) in [4.78, 5) is 11.3. The van der Waals surface area contributed by atoms with Crippen LogP contribution < -0.4 is 10.0 Å². The fourth-order valence-electron chi connectivity index (χ4n) is 0.878. The number of hydrogen-bond donors (Lipinski definition) is 2. The average Bonchev–Trinajstić information content (AvgIpc) is 2.12. The van der Waals surface area contributed by atoms with Gasteiger partial charge in [-0.1, -0.05) is 0 Å². The van der Waals surface area contributed by atoms with E-state index >= 15 is 0 Å². The number of rotatable bonds is 7. The highest BCUT2D eigenvalue weighted by molar-refractivity contribution is 8.67. The molecule has 0 unspecified atom stereocenters. The Kier molecular flexibility index (Phi) is 8.41. The van der Waals surface area contributed by atoms with Crippen molar-refractivity contribution in [2.45, 2.75) is 46.8 Å². The van der Waals surface area contributed by atoms with Crippen LogP contribution in [0.15, 0.2) is 0 Å². The minimum Gasteiger partial charge on any atom is -0.338 e. The molecular weight excluding hydrogens is 279 g/mol. The third-order valence-electron chi connectivity index (χ3n) is 1.27. The summed E-state index contributed by atoms with van der Waals surface area (Å²) in [7, 11) is 0. The molecule has 0 radical (unpaired) electrons. The monoisotopic (exact) mass is 300 g/mol. The van der Waals surface area contributed by atoms with Crippen LogP contribution >= 0.6 is 17.3 Å². The Hall–Kier alpha value is 0.190. The molecule has 8 heteroatoms. The van der Waals surface area contributed by atoms with Gasteiger partial charge in [-0.15, -0.1) is 0 Å². The van der Waals surface area contributed by atoms with Gasteiger partial charge in [0.05, 0.1) is 12.2 Å². The number of hydrogen-bond acceptors (Lipinski definition) is 5. The van der Waals surface area contributed by atoms with Gasteiger partial charge in [0.2, 0.25) is 0 Å². The molecule has 0 saturated carbocycles. The Balaban J connectivity index is 4.38. The maximum Gasteiger partial charge on any atom is 0.325 e. The minimum absolute atomic E-state index is 0.0388. The van der Waals surface area contributed by atoms with E-state index in [4.69, 9.17) is 20.9 Å². The Labute approximate surface area is 112 Å². The highest BCUT2D eigenvalue weighted by atomic mass is 32.9. The van der Waals surface area contributed by atoms with Crippen LogP contribution in [0.3, 0.4) is 0 Å². The van der Waals surface area contributed by atoms with Gasteiger partial charge < -0.3 is 14.4 Å². The van der Waals surface area contributed by atoms with Gasteiger partial charge in [-0.2, -0.15) is 0 Å². The molecular formula is C9H21N2O3PS2. The second kappa shape index (κ2) is 8.32. The fourth-order valence-corrected chi connectivity index (χ4v) is 5.56. The maximum absolute atomic E-state index is 11.3. The van der Waals surface area contributed by atoms with E-state index in [0.717, 1.165) is 11.6 Å². The average molecular weight is 300 g/mol. The standard InChI is InChI=1S/C9H21N2O3PS2/c1-6-10-9(12)11-17-15(16,13-7(2)3)14-8(4)5/h7-8H,6H2,1-5H3,(H2,10,11,12). The molecule has 0 spiro atoms. The molecule has 0 aromatic heterocycles. The molecule has 102 valence electrons. The zero-order chi connectivity index (χ0) is 13.5. The van der Waals surface area contributed by atoms with Crippen LogP contribution in [0.4, 0.5) is 4.79 Å². The first kappa shape index (κ1) is 17.2. The zero-order valence-electron chi connectivity index (χ0n) is 10.9. The van der Waals surface area contributed by atoms with E-state index in [9.17, 15) is 4.79 Å². The van der Waals surface area contributed by atoms with Crippen molar-refractivity contribution in [3.05, 3.63) is 0 Å². The Morgan fingerprint density at radius 1 is 1.29 bits per heavy atom. The van der Waals surface area contributed by atoms with E-state index in [-0.39, 0.29) is 18.2 Å². The summed E-state index contributed by atoms with van der Waals surface area (Å²) in [6.45, 7) is 9.95. The van der Waals surface area contributed by atoms with Gasteiger partial charge in [0.15, 0.2) is 0 Å². The first-order chi connectivity index (χ1) is 7.79. The third-order valence-corrected chi connectivity index (χ3v) is 5.78. The quantitative estimate of drug-likeness (QED) is 0.559. The van der Waals surface area contributed by atoms with E-state index in [1.165, 1.54) is 0 Å². The van der Waals surface area contributed by atoms with E-state index in [1.54, 1.807) is 0 Å². The number of carbonyl (C=O) groups is 1. The summed E-state index contributed by atoms with van der Waals surface area (Å²) in [5, 5.41) is 2.61. The van der Waals surface area contributed by atoms with E-state index in [1.807, 2.05) is 34.6 Å². The molecule has 0 aliphatic heterocycles. The molecule has 5 nitrogen and oxygen atoms in total. The van der Waals surface area contributed by atoms with Gasteiger partial charge >= 0.3 is 6.03 Å². The van der Waals surface area contributed by atoms with Crippen LogP contribution in [0.2, 0.25) is 0 Å². The van der Waals surface area contributed by atoms with Crippen LogP contribution in [-0.4, -0.2) is 24.8 Å². The summed E-state index contributed by atoms with van der Waals surface area (Å²) in [6, 6.07) is -0.286. The second-order valence-electron chi connectivity index (χ2n) is 3.81. The maximum atomic E-state index is 11.3. The van der Waals surface area contributed by atoms with Gasteiger partial charge in [-0.05, 0) is 46.4 Å². The number of amides is 2. The molecule has 0 aromatic carbocycles.